The second-order valence-corrected chi connectivity index (χ2v) is 7.54. The highest BCUT2D eigenvalue weighted by Crippen LogP contribution is 2.34. The van der Waals surface area contributed by atoms with Crippen molar-refractivity contribution in [2.24, 2.45) is 0 Å². The lowest BCUT2D eigenvalue weighted by Gasteiger charge is -2.08. The monoisotopic (exact) mass is 410 g/mol. The van der Waals surface area contributed by atoms with E-state index in [4.69, 9.17) is 14.5 Å². The average Bonchev–Trinajstić information content (AvgIpc) is 3.26. The van der Waals surface area contributed by atoms with Gasteiger partial charge in [-0.05, 0) is 30.2 Å². The van der Waals surface area contributed by atoms with Crippen molar-refractivity contribution >= 4 is 17.2 Å². The molecule has 0 unspecified atom stereocenters. The zero-order valence-corrected chi connectivity index (χ0v) is 17.8. The molecule has 1 amide bonds. The van der Waals surface area contributed by atoms with E-state index in [2.05, 4.69) is 12.2 Å². The summed E-state index contributed by atoms with van der Waals surface area (Å²) >= 11 is 1.60. The molecule has 0 aliphatic rings. The van der Waals surface area contributed by atoms with Crippen LogP contribution in [0.25, 0.3) is 21.8 Å². The number of rotatable bonds is 9. The van der Waals surface area contributed by atoms with E-state index < -0.39 is 0 Å². The molecule has 0 saturated carbocycles. The second-order valence-electron chi connectivity index (χ2n) is 6.68. The first-order chi connectivity index (χ1) is 14.1. The van der Waals surface area contributed by atoms with E-state index in [-0.39, 0.29) is 5.91 Å². The van der Waals surface area contributed by atoms with Crippen molar-refractivity contribution in [3.8, 4) is 33.3 Å². The van der Waals surface area contributed by atoms with E-state index in [9.17, 15) is 4.79 Å². The Balaban J connectivity index is 1.68. The Labute approximate surface area is 175 Å². The van der Waals surface area contributed by atoms with Gasteiger partial charge in [0.05, 0.1) is 19.9 Å². The van der Waals surface area contributed by atoms with Gasteiger partial charge in [0.1, 0.15) is 5.01 Å². The molecule has 29 heavy (non-hydrogen) atoms. The molecule has 5 nitrogen and oxygen atoms in total. The van der Waals surface area contributed by atoms with Crippen LogP contribution in [0.2, 0.25) is 0 Å². The lowest BCUT2D eigenvalue weighted by atomic mass is 10.1. The minimum absolute atomic E-state index is 0.107. The number of amides is 1. The maximum atomic E-state index is 11.8. The molecule has 0 aliphatic heterocycles. The molecule has 0 bridgehead atoms. The van der Waals surface area contributed by atoms with Crippen LogP contribution in [0.4, 0.5) is 0 Å². The normalized spacial score (nSPS) is 10.6. The highest BCUT2D eigenvalue weighted by atomic mass is 32.1. The van der Waals surface area contributed by atoms with E-state index in [0.717, 1.165) is 40.2 Å². The quantitative estimate of drug-likeness (QED) is 0.520. The van der Waals surface area contributed by atoms with Crippen LogP contribution in [0.1, 0.15) is 31.7 Å². The molecule has 1 heterocycles. The molecule has 3 rings (SSSR count). The Morgan fingerprint density at radius 1 is 1.03 bits per heavy atom. The Morgan fingerprint density at radius 2 is 1.76 bits per heavy atom. The van der Waals surface area contributed by atoms with Crippen LogP contribution in [0.5, 0.6) is 11.5 Å². The van der Waals surface area contributed by atoms with E-state index in [1.807, 2.05) is 47.8 Å². The second kappa shape index (κ2) is 10.1. The van der Waals surface area contributed by atoms with Gasteiger partial charge < -0.3 is 14.8 Å². The number of carbonyl (C=O) groups is 1. The molecule has 0 atom stereocenters. The predicted molar refractivity (Wildman–Crippen MR) is 117 cm³/mol. The summed E-state index contributed by atoms with van der Waals surface area (Å²) in [5.41, 5.74) is 4.02. The fourth-order valence-corrected chi connectivity index (χ4v) is 3.76. The summed E-state index contributed by atoms with van der Waals surface area (Å²) in [6.07, 6.45) is 2.55. The summed E-state index contributed by atoms with van der Waals surface area (Å²) < 4.78 is 10.7. The number of methoxy groups -OCH3 is 2. The number of benzene rings is 2. The lowest BCUT2D eigenvalue weighted by molar-refractivity contribution is -0.121. The molecule has 1 aromatic heterocycles. The molecule has 152 valence electrons. The highest BCUT2D eigenvalue weighted by molar-refractivity contribution is 7.13. The van der Waals surface area contributed by atoms with E-state index in [1.54, 1.807) is 25.6 Å². The summed E-state index contributed by atoms with van der Waals surface area (Å²) in [6, 6.07) is 14.0. The fourth-order valence-electron chi connectivity index (χ4n) is 2.93. The number of ether oxygens (including phenoxy) is 2. The minimum Gasteiger partial charge on any atom is -0.493 e. The predicted octanol–water partition coefficient (Wildman–Crippen LogP) is 5.30. The van der Waals surface area contributed by atoms with Crippen LogP contribution in [0.3, 0.4) is 0 Å². The standard InChI is InChI=1S/C23H26N2O3S/c1-4-5-6-22(26)24-14-16-7-9-17(10-8-16)23-25-19(15-29-23)18-11-12-20(27-2)21(13-18)28-3/h7-13,15H,4-6,14H2,1-3H3,(H,24,26). The number of carbonyl (C=O) groups excluding carboxylic acids is 1. The zero-order chi connectivity index (χ0) is 20.6. The topological polar surface area (TPSA) is 60.5 Å². The number of aromatic nitrogens is 1. The van der Waals surface area contributed by atoms with Gasteiger partial charge in [-0.2, -0.15) is 0 Å². The van der Waals surface area contributed by atoms with Gasteiger partial charge in [-0.3, -0.25) is 4.79 Å². The van der Waals surface area contributed by atoms with Crippen LogP contribution >= 0.6 is 11.3 Å². The van der Waals surface area contributed by atoms with E-state index in [1.165, 1.54) is 0 Å². The van der Waals surface area contributed by atoms with Crippen molar-refractivity contribution < 1.29 is 14.3 Å². The van der Waals surface area contributed by atoms with Crippen molar-refractivity contribution in [2.75, 3.05) is 14.2 Å². The Bertz CT molecular complexity index is 951. The minimum atomic E-state index is 0.107. The van der Waals surface area contributed by atoms with Gasteiger partial charge in [0.2, 0.25) is 5.91 Å². The molecule has 2 aromatic carbocycles. The maximum Gasteiger partial charge on any atom is 0.220 e. The Hall–Kier alpha value is -2.86. The van der Waals surface area contributed by atoms with Gasteiger partial charge in [0.25, 0.3) is 0 Å². The molecular weight excluding hydrogens is 384 g/mol. The number of nitrogens with one attached hydrogen (secondary N) is 1. The summed E-state index contributed by atoms with van der Waals surface area (Å²) in [5.74, 6) is 1.49. The third-order valence-electron chi connectivity index (χ3n) is 4.63. The Kier molecular flexibility index (Phi) is 7.25. The number of thiazole rings is 1. The van der Waals surface area contributed by atoms with Crippen molar-refractivity contribution in [1.29, 1.82) is 0 Å². The SMILES string of the molecule is CCCCC(=O)NCc1ccc(-c2nc(-c3ccc(OC)c(OC)c3)cs2)cc1. The van der Waals surface area contributed by atoms with Gasteiger partial charge in [-0.25, -0.2) is 4.98 Å². The summed E-state index contributed by atoms with van der Waals surface area (Å²) in [6.45, 7) is 2.64. The van der Waals surface area contributed by atoms with Gasteiger partial charge in [0.15, 0.2) is 11.5 Å². The van der Waals surface area contributed by atoms with Gasteiger partial charge >= 0.3 is 0 Å². The van der Waals surface area contributed by atoms with Gasteiger partial charge in [0, 0.05) is 29.5 Å². The molecule has 0 saturated heterocycles. The van der Waals surface area contributed by atoms with Crippen molar-refractivity contribution in [3.63, 3.8) is 0 Å². The van der Waals surface area contributed by atoms with Crippen LogP contribution in [0.15, 0.2) is 47.8 Å². The number of hydrogen-bond donors (Lipinski definition) is 1. The summed E-state index contributed by atoms with van der Waals surface area (Å²) in [7, 11) is 3.25. The van der Waals surface area contributed by atoms with Crippen molar-refractivity contribution in [2.45, 2.75) is 32.7 Å². The van der Waals surface area contributed by atoms with Crippen LogP contribution < -0.4 is 14.8 Å². The molecule has 1 N–H and O–H groups in total. The van der Waals surface area contributed by atoms with Crippen molar-refractivity contribution in [1.82, 2.24) is 10.3 Å². The Morgan fingerprint density at radius 3 is 2.45 bits per heavy atom. The lowest BCUT2D eigenvalue weighted by Crippen LogP contribution is -2.22. The average molecular weight is 411 g/mol. The first-order valence-corrected chi connectivity index (χ1v) is 10.6. The van der Waals surface area contributed by atoms with E-state index >= 15 is 0 Å². The van der Waals surface area contributed by atoms with Gasteiger partial charge in [-0.1, -0.05) is 37.6 Å². The molecule has 0 spiro atoms. The largest absolute Gasteiger partial charge is 0.493 e. The van der Waals surface area contributed by atoms with Crippen LogP contribution in [0, 0.1) is 0 Å². The molecule has 0 aliphatic carbocycles. The maximum absolute atomic E-state index is 11.8. The van der Waals surface area contributed by atoms with E-state index in [0.29, 0.717) is 24.5 Å². The molecule has 6 heteroatoms. The molecule has 0 fully saturated rings. The first-order valence-electron chi connectivity index (χ1n) is 9.68. The smallest absolute Gasteiger partial charge is 0.220 e. The van der Waals surface area contributed by atoms with Crippen LogP contribution in [-0.2, 0) is 11.3 Å². The molecule has 3 aromatic rings. The number of nitrogens with zero attached hydrogens (tertiary/aromatic N) is 1. The number of unbranched alkanes of at least 4 members (excludes halogenated alkanes) is 1. The third kappa shape index (κ3) is 5.35. The molecule has 0 radical (unpaired) electrons. The summed E-state index contributed by atoms with van der Waals surface area (Å²) in [4.78, 5) is 16.5. The highest BCUT2D eigenvalue weighted by Gasteiger charge is 2.10. The van der Waals surface area contributed by atoms with Crippen molar-refractivity contribution in [3.05, 3.63) is 53.4 Å². The first kappa shape index (κ1) is 20.9. The zero-order valence-electron chi connectivity index (χ0n) is 17.0. The van der Waals surface area contributed by atoms with Crippen LogP contribution in [-0.4, -0.2) is 25.1 Å². The summed E-state index contributed by atoms with van der Waals surface area (Å²) in [5, 5.41) is 5.96. The van der Waals surface area contributed by atoms with Gasteiger partial charge in [-0.15, -0.1) is 11.3 Å². The number of hydrogen-bond acceptors (Lipinski definition) is 5. The fraction of sp³-hybridized carbons (Fsp3) is 0.304. The molecular formula is C23H26N2O3S. The third-order valence-corrected chi connectivity index (χ3v) is 5.52.